The highest BCUT2D eigenvalue weighted by Crippen LogP contribution is 2.29. The molecule has 1 amide bonds. The molecule has 1 N–H and O–H groups in total. The molecule has 2 aliphatic rings. The summed E-state index contributed by atoms with van der Waals surface area (Å²) in [6.45, 7) is 5.99. The van der Waals surface area contributed by atoms with Crippen molar-refractivity contribution in [3.8, 4) is 0 Å². The van der Waals surface area contributed by atoms with Gasteiger partial charge >= 0.3 is 0 Å². The first-order valence-corrected chi connectivity index (χ1v) is 10.4. The first-order valence-electron chi connectivity index (χ1n) is 10.4. The maximum atomic E-state index is 13.9. The molecule has 1 saturated heterocycles. The molecule has 28 heavy (non-hydrogen) atoms. The third kappa shape index (κ3) is 4.96. The highest BCUT2D eigenvalue weighted by molar-refractivity contribution is 5.98. The topological polar surface area (TPSA) is 49.4 Å². The van der Waals surface area contributed by atoms with E-state index in [2.05, 4.69) is 19.2 Å². The van der Waals surface area contributed by atoms with E-state index in [-0.39, 0.29) is 29.2 Å². The smallest absolute Gasteiger partial charge is 0.234 e. The van der Waals surface area contributed by atoms with E-state index in [4.69, 9.17) is 0 Å². The number of piperidine rings is 1. The molecule has 0 spiro atoms. The minimum absolute atomic E-state index is 0.0342. The number of benzene rings is 1. The zero-order chi connectivity index (χ0) is 20.3. The number of hydrogen-bond donors (Lipinski definition) is 1. The van der Waals surface area contributed by atoms with Crippen LogP contribution in [-0.4, -0.2) is 42.3 Å². The van der Waals surface area contributed by atoms with Crippen LogP contribution >= 0.6 is 0 Å². The van der Waals surface area contributed by atoms with Crippen molar-refractivity contribution in [3.63, 3.8) is 0 Å². The molecule has 0 aromatic heterocycles. The van der Waals surface area contributed by atoms with Crippen molar-refractivity contribution in [3.05, 3.63) is 35.4 Å². The number of carbonyl (C=O) groups excluding carboxylic acids is 2. The van der Waals surface area contributed by atoms with Crippen molar-refractivity contribution < 1.29 is 18.4 Å². The Kier molecular flexibility index (Phi) is 6.81. The van der Waals surface area contributed by atoms with Crippen molar-refractivity contribution in [1.29, 1.82) is 0 Å². The van der Waals surface area contributed by atoms with E-state index in [0.29, 0.717) is 44.3 Å². The molecule has 1 aromatic carbocycles. The summed E-state index contributed by atoms with van der Waals surface area (Å²) in [5.41, 5.74) is -0.170. The lowest BCUT2D eigenvalue weighted by Gasteiger charge is -2.36. The van der Waals surface area contributed by atoms with Gasteiger partial charge in [0.25, 0.3) is 0 Å². The van der Waals surface area contributed by atoms with Gasteiger partial charge < -0.3 is 5.32 Å². The zero-order valence-electron chi connectivity index (χ0n) is 16.7. The maximum Gasteiger partial charge on any atom is 0.234 e. The Morgan fingerprint density at radius 1 is 1.11 bits per heavy atom. The fraction of sp³-hybridized carbons (Fsp3) is 0.636. The zero-order valence-corrected chi connectivity index (χ0v) is 16.7. The van der Waals surface area contributed by atoms with Crippen molar-refractivity contribution in [2.75, 3.05) is 19.6 Å². The van der Waals surface area contributed by atoms with Crippen LogP contribution in [0.4, 0.5) is 8.78 Å². The van der Waals surface area contributed by atoms with Gasteiger partial charge in [-0.1, -0.05) is 26.7 Å². The second kappa shape index (κ2) is 9.12. The number of likely N-dealkylation sites (tertiary alicyclic amines) is 1. The molecule has 2 fully saturated rings. The Labute approximate surface area is 165 Å². The first kappa shape index (κ1) is 20.9. The molecule has 3 atom stereocenters. The monoisotopic (exact) mass is 392 g/mol. The van der Waals surface area contributed by atoms with E-state index < -0.39 is 11.6 Å². The van der Waals surface area contributed by atoms with Gasteiger partial charge in [0.15, 0.2) is 5.78 Å². The standard InChI is InChI=1S/C22H30F2N2O2/c1-14-4-3-5-20(15(14)2)25-21(27)13-26-10-8-16(9-11-26)22(28)18-12-17(23)6-7-19(18)24/h6-7,12,14-16,20H,3-5,8-11,13H2,1-2H3,(H,25,27)/t14-,15+,20+/m1/s1. The molecule has 154 valence electrons. The van der Waals surface area contributed by atoms with Gasteiger partial charge in [0.1, 0.15) is 11.6 Å². The number of nitrogens with zero attached hydrogens (tertiary/aromatic N) is 1. The lowest BCUT2D eigenvalue weighted by atomic mass is 9.78. The number of hydrogen-bond acceptors (Lipinski definition) is 3. The molecular weight excluding hydrogens is 362 g/mol. The van der Waals surface area contributed by atoms with Gasteiger partial charge in [-0.15, -0.1) is 0 Å². The number of Topliss-reactive ketones (excluding diaryl/α,β-unsaturated/α-hetero) is 1. The van der Waals surface area contributed by atoms with Gasteiger partial charge in [-0.05, 0) is 62.4 Å². The molecule has 3 rings (SSSR count). The highest BCUT2D eigenvalue weighted by atomic mass is 19.1. The predicted molar refractivity (Wildman–Crippen MR) is 104 cm³/mol. The molecule has 6 heteroatoms. The molecule has 1 aromatic rings. The molecule has 1 heterocycles. The van der Waals surface area contributed by atoms with Gasteiger partial charge in [0.2, 0.25) is 5.91 Å². The lowest BCUT2D eigenvalue weighted by molar-refractivity contribution is -0.124. The van der Waals surface area contributed by atoms with Crippen LogP contribution in [0.2, 0.25) is 0 Å². The summed E-state index contributed by atoms with van der Waals surface area (Å²) in [5, 5.41) is 3.18. The van der Waals surface area contributed by atoms with Gasteiger partial charge in [-0.25, -0.2) is 8.78 Å². The summed E-state index contributed by atoms with van der Waals surface area (Å²) in [7, 11) is 0. The molecular formula is C22H30F2N2O2. The van der Waals surface area contributed by atoms with Crippen LogP contribution in [-0.2, 0) is 4.79 Å². The summed E-state index contributed by atoms with van der Waals surface area (Å²) in [6, 6.07) is 3.23. The van der Waals surface area contributed by atoms with E-state index >= 15 is 0 Å². The average molecular weight is 392 g/mol. The van der Waals surface area contributed by atoms with Crippen molar-refractivity contribution in [1.82, 2.24) is 10.2 Å². The normalized spacial score (nSPS) is 26.8. The quantitative estimate of drug-likeness (QED) is 0.776. The van der Waals surface area contributed by atoms with Crippen LogP contribution in [0.25, 0.3) is 0 Å². The van der Waals surface area contributed by atoms with Crippen molar-refractivity contribution in [2.45, 2.75) is 52.0 Å². The Morgan fingerprint density at radius 3 is 2.54 bits per heavy atom. The van der Waals surface area contributed by atoms with Crippen LogP contribution in [0.3, 0.4) is 0 Å². The molecule has 1 aliphatic heterocycles. The highest BCUT2D eigenvalue weighted by Gasteiger charge is 2.30. The minimum Gasteiger partial charge on any atom is -0.352 e. The SMILES string of the molecule is C[C@H]1[C@H](C)CCC[C@@H]1NC(=O)CN1CCC(C(=O)c2cc(F)ccc2F)CC1. The maximum absolute atomic E-state index is 13.9. The van der Waals surface area contributed by atoms with Gasteiger partial charge in [-0.2, -0.15) is 0 Å². The molecule has 0 radical (unpaired) electrons. The first-order chi connectivity index (χ1) is 13.3. The number of halogens is 2. The number of ketones is 1. The second-order valence-corrected chi connectivity index (χ2v) is 8.48. The molecule has 0 unspecified atom stereocenters. The summed E-state index contributed by atoms with van der Waals surface area (Å²) in [4.78, 5) is 27.0. The minimum atomic E-state index is -0.677. The average Bonchev–Trinajstić information content (AvgIpc) is 2.67. The molecule has 1 saturated carbocycles. The Bertz CT molecular complexity index is 716. The van der Waals surface area contributed by atoms with Crippen LogP contribution in [0.1, 0.15) is 56.3 Å². The Balaban J connectivity index is 1.48. The summed E-state index contributed by atoms with van der Waals surface area (Å²) in [5.74, 6) is -0.798. The third-order valence-electron chi connectivity index (χ3n) is 6.57. The summed E-state index contributed by atoms with van der Waals surface area (Å²) < 4.78 is 27.2. The summed E-state index contributed by atoms with van der Waals surface area (Å²) >= 11 is 0. The van der Waals surface area contributed by atoms with Crippen molar-refractivity contribution in [2.24, 2.45) is 17.8 Å². The Morgan fingerprint density at radius 2 is 1.82 bits per heavy atom. The number of amides is 1. The van der Waals surface area contributed by atoms with Gasteiger partial charge in [-0.3, -0.25) is 14.5 Å². The van der Waals surface area contributed by atoms with Crippen LogP contribution in [0.15, 0.2) is 18.2 Å². The number of rotatable bonds is 5. The van der Waals surface area contributed by atoms with Gasteiger partial charge in [0.05, 0.1) is 12.1 Å². The molecule has 4 nitrogen and oxygen atoms in total. The fourth-order valence-corrected chi connectivity index (χ4v) is 4.50. The Hall–Kier alpha value is -1.82. The van der Waals surface area contributed by atoms with E-state index in [9.17, 15) is 18.4 Å². The van der Waals surface area contributed by atoms with Crippen LogP contribution < -0.4 is 5.32 Å². The fourth-order valence-electron chi connectivity index (χ4n) is 4.50. The van der Waals surface area contributed by atoms with E-state index in [0.717, 1.165) is 31.0 Å². The third-order valence-corrected chi connectivity index (χ3v) is 6.57. The van der Waals surface area contributed by atoms with E-state index in [1.165, 1.54) is 6.42 Å². The van der Waals surface area contributed by atoms with Gasteiger partial charge in [0, 0.05) is 12.0 Å². The largest absolute Gasteiger partial charge is 0.352 e. The van der Waals surface area contributed by atoms with E-state index in [1.54, 1.807) is 0 Å². The van der Waals surface area contributed by atoms with Crippen LogP contribution in [0, 0.1) is 29.4 Å². The van der Waals surface area contributed by atoms with Crippen molar-refractivity contribution >= 4 is 11.7 Å². The summed E-state index contributed by atoms with van der Waals surface area (Å²) in [6.07, 6.45) is 4.52. The lowest BCUT2D eigenvalue weighted by Crippen LogP contribution is -2.48. The van der Waals surface area contributed by atoms with Crippen LogP contribution in [0.5, 0.6) is 0 Å². The predicted octanol–water partition coefficient (Wildman–Crippen LogP) is 3.80. The second-order valence-electron chi connectivity index (χ2n) is 8.48. The number of carbonyl (C=O) groups is 2. The number of nitrogens with one attached hydrogen (secondary N) is 1. The molecule has 0 bridgehead atoms. The molecule has 1 aliphatic carbocycles. The van der Waals surface area contributed by atoms with E-state index in [1.807, 2.05) is 4.90 Å².